The van der Waals surface area contributed by atoms with Crippen LogP contribution >= 0.6 is 7.26 Å². The second kappa shape index (κ2) is 18.0. The maximum atomic E-state index is 3.85. The summed E-state index contributed by atoms with van der Waals surface area (Å²) in [6.07, 6.45) is 28.1. The van der Waals surface area contributed by atoms with E-state index in [2.05, 4.69) is 51.1 Å². The van der Waals surface area contributed by atoms with Gasteiger partial charge in [0, 0.05) is 0 Å². The van der Waals surface area contributed by atoms with Gasteiger partial charge < -0.3 is 0 Å². The van der Waals surface area contributed by atoms with Gasteiger partial charge in [-0.1, -0.05) is 39.0 Å². The molecule has 1 heteroatoms. The first-order valence-electron chi connectivity index (χ1n) is 13.3. The molecule has 0 atom stereocenters. The molecular formula is C29H53P. The van der Waals surface area contributed by atoms with Crippen LogP contribution in [0.5, 0.6) is 0 Å². The predicted octanol–water partition coefficient (Wildman–Crippen LogP) is 10.1. The van der Waals surface area contributed by atoms with Gasteiger partial charge in [-0.2, -0.15) is 0 Å². The van der Waals surface area contributed by atoms with Crippen LogP contribution in [0.3, 0.4) is 0 Å². The summed E-state index contributed by atoms with van der Waals surface area (Å²) in [5.74, 6) is 0. The van der Waals surface area contributed by atoms with Crippen LogP contribution in [0.4, 0.5) is 0 Å². The molecule has 30 heavy (non-hydrogen) atoms. The Labute approximate surface area is 190 Å². The summed E-state index contributed by atoms with van der Waals surface area (Å²) in [7, 11) is -1.10. The van der Waals surface area contributed by atoms with Gasteiger partial charge in [-0.15, -0.1) is 0 Å². The fourth-order valence-electron chi connectivity index (χ4n) is 4.56. The van der Waals surface area contributed by atoms with Crippen molar-refractivity contribution in [2.45, 2.75) is 116 Å². The summed E-state index contributed by atoms with van der Waals surface area (Å²) >= 11 is 0. The molecule has 0 saturated heterocycles. The summed E-state index contributed by atoms with van der Waals surface area (Å²) in [6.45, 7) is 11.3. The van der Waals surface area contributed by atoms with Crippen molar-refractivity contribution in [3.05, 3.63) is 42.0 Å². The molecular weight excluding hydrogens is 379 g/mol. The molecule has 0 aromatic heterocycles. The number of benzene rings is 1. The molecule has 0 spiro atoms. The fraction of sp³-hybridized carbons (Fsp3) is 0.724. The molecule has 174 valence electrons. The van der Waals surface area contributed by atoms with Gasteiger partial charge in [0.05, 0.1) is 0 Å². The molecule has 0 radical (unpaired) electrons. The third kappa shape index (κ3) is 15.2. The van der Waals surface area contributed by atoms with E-state index < -0.39 is 7.26 Å². The Morgan fingerprint density at radius 2 is 1.03 bits per heavy atom. The second-order valence-corrected chi connectivity index (χ2v) is 15.5. The summed E-state index contributed by atoms with van der Waals surface area (Å²) in [4.78, 5) is 0. The van der Waals surface area contributed by atoms with Gasteiger partial charge in [-0.25, -0.2) is 0 Å². The van der Waals surface area contributed by atoms with Crippen LogP contribution in [-0.4, -0.2) is 19.5 Å². The molecule has 0 bridgehead atoms. The van der Waals surface area contributed by atoms with Gasteiger partial charge in [0.1, 0.15) is 0 Å². The van der Waals surface area contributed by atoms with Crippen LogP contribution < -0.4 is 0 Å². The maximum absolute atomic E-state index is 3.85. The molecule has 0 nitrogen and oxygen atoms in total. The molecule has 0 fully saturated rings. The van der Waals surface area contributed by atoms with Crippen molar-refractivity contribution in [2.75, 3.05) is 19.5 Å². The van der Waals surface area contributed by atoms with Gasteiger partial charge in [0.15, 0.2) is 0 Å². The summed E-state index contributed by atoms with van der Waals surface area (Å²) in [5.41, 5.74) is 2.75. The zero-order valence-corrected chi connectivity index (χ0v) is 21.8. The standard InChI is InChI=1S/C29H53P/c1-5-7-8-9-10-11-12-13-14-15-16-17-18-19-20-21-26-30(3,4)27-29-24-22-28(6-2)23-25-29/h6,22-25,30H,2,5,7-21,26-27H2,1,3-4H3. The van der Waals surface area contributed by atoms with E-state index in [1.807, 2.05) is 6.08 Å². The van der Waals surface area contributed by atoms with E-state index >= 15 is 0 Å². The molecule has 1 rings (SSSR count). The van der Waals surface area contributed by atoms with Gasteiger partial charge >= 0.3 is 152 Å². The molecule has 1 aromatic carbocycles. The molecule has 0 aliphatic rings. The minimum atomic E-state index is -1.10. The summed E-state index contributed by atoms with van der Waals surface area (Å²) in [5, 5.41) is 0. The first kappa shape index (κ1) is 27.4. The van der Waals surface area contributed by atoms with Crippen LogP contribution in [-0.2, 0) is 6.16 Å². The Bertz CT molecular complexity index is 514. The van der Waals surface area contributed by atoms with Crippen LogP contribution in [0.1, 0.15) is 121 Å². The Morgan fingerprint density at radius 3 is 1.43 bits per heavy atom. The average molecular weight is 433 g/mol. The molecule has 0 unspecified atom stereocenters. The number of hydrogen-bond donors (Lipinski definition) is 0. The van der Waals surface area contributed by atoms with Crippen molar-refractivity contribution in [3.8, 4) is 0 Å². The van der Waals surface area contributed by atoms with E-state index in [-0.39, 0.29) is 0 Å². The normalized spacial score (nSPS) is 12.2. The third-order valence-electron chi connectivity index (χ3n) is 6.61. The van der Waals surface area contributed by atoms with Crippen LogP contribution in [0, 0.1) is 0 Å². The van der Waals surface area contributed by atoms with Crippen molar-refractivity contribution in [2.24, 2.45) is 0 Å². The molecule has 0 N–H and O–H groups in total. The summed E-state index contributed by atoms with van der Waals surface area (Å²) in [6, 6.07) is 9.03. The van der Waals surface area contributed by atoms with Crippen molar-refractivity contribution in [1.29, 1.82) is 0 Å². The third-order valence-corrected chi connectivity index (χ3v) is 9.68. The molecule has 0 aliphatic carbocycles. The molecule has 0 aliphatic heterocycles. The number of rotatable bonds is 20. The van der Waals surface area contributed by atoms with Crippen molar-refractivity contribution >= 4 is 13.3 Å². The van der Waals surface area contributed by atoms with E-state index in [1.54, 1.807) is 0 Å². The van der Waals surface area contributed by atoms with Gasteiger partial charge in [0.25, 0.3) is 0 Å². The van der Waals surface area contributed by atoms with Gasteiger partial charge in [-0.05, 0) is 0 Å². The molecule has 0 amide bonds. The Balaban J connectivity index is 1.90. The average Bonchev–Trinajstić information content (AvgIpc) is 2.73. The van der Waals surface area contributed by atoms with Crippen LogP contribution in [0.2, 0.25) is 0 Å². The minimum absolute atomic E-state index is 1.10. The summed E-state index contributed by atoms with van der Waals surface area (Å²) < 4.78 is 0. The molecule has 0 heterocycles. The van der Waals surface area contributed by atoms with E-state index in [9.17, 15) is 0 Å². The van der Waals surface area contributed by atoms with Gasteiger partial charge in [-0.3, -0.25) is 0 Å². The van der Waals surface area contributed by atoms with Gasteiger partial charge in [0.2, 0.25) is 0 Å². The second-order valence-electron chi connectivity index (χ2n) is 10.3. The first-order valence-corrected chi connectivity index (χ1v) is 16.7. The number of unbranched alkanes of at least 4 members (excludes halogenated alkanes) is 15. The van der Waals surface area contributed by atoms with E-state index in [1.165, 1.54) is 126 Å². The van der Waals surface area contributed by atoms with E-state index in [0.29, 0.717) is 0 Å². The fourth-order valence-corrected chi connectivity index (χ4v) is 7.29. The Hall–Kier alpha value is -0.610. The van der Waals surface area contributed by atoms with Crippen molar-refractivity contribution in [1.82, 2.24) is 0 Å². The quantitative estimate of drug-likeness (QED) is 0.142. The predicted molar refractivity (Wildman–Crippen MR) is 145 cm³/mol. The monoisotopic (exact) mass is 432 g/mol. The van der Waals surface area contributed by atoms with E-state index in [4.69, 9.17) is 0 Å². The molecule has 0 saturated carbocycles. The Kier molecular flexibility index (Phi) is 16.5. The first-order chi connectivity index (χ1) is 14.6. The van der Waals surface area contributed by atoms with Crippen molar-refractivity contribution < 1.29 is 0 Å². The van der Waals surface area contributed by atoms with Crippen molar-refractivity contribution in [3.63, 3.8) is 0 Å². The Morgan fingerprint density at radius 1 is 0.633 bits per heavy atom. The zero-order chi connectivity index (χ0) is 21.9. The SMILES string of the molecule is C=Cc1ccc(C[PH](C)(C)CCCCCCCCCCCCCCCCCC)cc1. The number of hydrogen-bond acceptors (Lipinski definition) is 0. The van der Waals surface area contributed by atoms with E-state index in [0.717, 1.165) is 0 Å². The van der Waals surface area contributed by atoms with Crippen LogP contribution in [0.15, 0.2) is 30.8 Å². The van der Waals surface area contributed by atoms with Crippen LogP contribution in [0.25, 0.3) is 6.08 Å². The zero-order valence-electron chi connectivity index (χ0n) is 20.8. The molecule has 1 aromatic rings. The topological polar surface area (TPSA) is 0 Å².